The van der Waals surface area contributed by atoms with Crippen molar-refractivity contribution >= 4 is 11.9 Å². The van der Waals surface area contributed by atoms with E-state index in [9.17, 15) is 14.9 Å². The van der Waals surface area contributed by atoms with Crippen LogP contribution in [0.5, 0.6) is 0 Å². The number of carbonyl (C=O) groups excluding carboxylic acids is 2. The normalized spacial score (nSPS) is 12.8. The van der Waals surface area contributed by atoms with E-state index in [1.165, 1.54) is 0 Å². The number of benzene rings is 1. The van der Waals surface area contributed by atoms with Crippen LogP contribution in [0.3, 0.4) is 0 Å². The Morgan fingerprint density at radius 2 is 1.53 bits per heavy atom. The van der Waals surface area contributed by atoms with Gasteiger partial charge in [-0.3, -0.25) is 4.79 Å². The summed E-state index contributed by atoms with van der Waals surface area (Å²) in [5, 5.41) is 9.63. The third-order valence-electron chi connectivity index (χ3n) is 4.62. The van der Waals surface area contributed by atoms with Crippen LogP contribution in [-0.2, 0) is 30.2 Å². The zero-order valence-electron chi connectivity index (χ0n) is 18.4. The van der Waals surface area contributed by atoms with E-state index in [0.29, 0.717) is 44.6 Å². The highest BCUT2D eigenvalue weighted by atomic mass is 16.7. The number of ether oxygens (including phenoxy) is 4. The smallest absolute Gasteiger partial charge is 0.338 e. The van der Waals surface area contributed by atoms with Gasteiger partial charge < -0.3 is 18.9 Å². The second kappa shape index (κ2) is 14.5. The summed E-state index contributed by atoms with van der Waals surface area (Å²) in [6, 6.07) is 9.26. The monoisotopic (exact) mass is 419 g/mol. The molecule has 2 atom stereocenters. The molecule has 0 heterocycles. The van der Waals surface area contributed by atoms with Crippen LogP contribution in [-0.4, -0.2) is 44.7 Å². The van der Waals surface area contributed by atoms with Crippen LogP contribution in [0.25, 0.3) is 0 Å². The molecule has 166 valence electrons. The van der Waals surface area contributed by atoms with Crippen LogP contribution in [0.4, 0.5) is 0 Å². The van der Waals surface area contributed by atoms with Crippen LogP contribution in [0.1, 0.15) is 56.5 Å². The van der Waals surface area contributed by atoms with Crippen molar-refractivity contribution in [3.05, 3.63) is 35.4 Å². The topological polar surface area (TPSA) is 94.9 Å². The summed E-state index contributed by atoms with van der Waals surface area (Å²) >= 11 is 0. The number of hydrogen-bond donors (Lipinski definition) is 0. The van der Waals surface area contributed by atoms with Gasteiger partial charge in [0.2, 0.25) is 0 Å². The van der Waals surface area contributed by atoms with Crippen LogP contribution < -0.4 is 0 Å². The molecule has 1 aromatic rings. The molecule has 0 bridgehead atoms. The van der Waals surface area contributed by atoms with Crippen molar-refractivity contribution in [3.8, 4) is 6.07 Å². The molecular weight excluding hydrogens is 386 g/mol. The zero-order valence-corrected chi connectivity index (χ0v) is 18.4. The highest BCUT2D eigenvalue weighted by Gasteiger charge is 2.32. The van der Waals surface area contributed by atoms with Gasteiger partial charge in [-0.2, -0.15) is 5.26 Å². The lowest BCUT2D eigenvalue weighted by atomic mass is 9.85. The van der Waals surface area contributed by atoms with Gasteiger partial charge in [-0.1, -0.05) is 12.1 Å². The molecule has 0 aliphatic heterocycles. The molecule has 1 aromatic carbocycles. The van der Waals surface area contributed by atoms with Crippen LogP contribution in [0, 0.1) is 23.2 Å². The van der Waals surface area contributed by atoms with Gasteiger partial charge in [-0.05, 0) is 64.2 Å². The highest BCUT2D eigenvalue weighted by molar-refractivity contribution is 5.89. The van der Waals surface area contributed by atoms with Gasteiger partial charge in [0.1, 0.15) is 5.92 Å². The van der Waals surface area contributed by atoms with E-state index in [1.807, 2.05) is 26.0 Å². The Bertz CT molecular complexity index is 676. The maximum atomic E-state index is 12.3. The summed E-state index contributed by atoms with van der Waals surface area (Å²) in [7, 11) is 0. The number of nitrogens with zero attached hydrogens (tertiary/aromatic N) is 1. The molecule has 1 rings (SSSR count). The van der Waals surface area contributed by atoms with E-state index >= 15 is 0 Å². The minimum absolute atomic E-state index is 0.222. The van der Waals surface area contributed by atoms with E-state index in [2.05, 4.69) is 6.07 Å². The Morgan fingerprint density at radius 3 is 2.03 bits per heavy atom. The first kappa shape index (κ1) is 25.6. The molecule has 0 fully saturated rings. The minimum Gasteiger partial charge on any atom is -0.465 e. The molecule has 0 aliphatic rings. The molecule has 0 saturated heterocycles. The van der Waals surface area contributed by atoms with Gasteiger partial charge in [-0.15, -0.1) is 0 Å². The second-order valence-corrected chi connectivity index (χ2v) is 6.65. The number of carbonyl (C=O) groups is 2. The van der Waals surface area contributed by atoms with Crippen LogP contribution >= 0.6 is 0 Å². The van der Waals surface area contributed by atoms with Crippen molar-refractivity contribution < 1.29 is 28.5 Å². The molecule has 0 N–H and O–H groups in total. The first-order valence-electron chi connectivity index (χ1n) is 10.6. The lowest BCUT2D eigenvalue weighted by molar-refractivity contribution is -0.157. The van der Waals surface area contributed by atoms with Gasteiger partial charge in [-0.25, -0.2) is 4.79 Å². The standard InChI is InChI=1S/C23H33NO6/c1-5-27-21(28-6-2)15-19(20(16-24)23(26)30-8-4)14-11-17-9-12-18(13-10-17)22(25)29-7-3/h9-10,12-13,19-21H,5-8,11,14-15H2,1-4H3. The van der Waals surface area contributed by atoms with E-state index in [0.717, 1.165) is 5.56 Å². The average molecular weight is 420 g/mol. The summed E-state index contributed by atoms with van der Waals surface area (Å²) < 4.78 is 21.4. The quantitative estimate of drug-likeness (QED) is 0.333. The number of aryl methyl sites for hydroxylation is 1. The summed E-state index contributed by atoms with van der Waals surface area (Å²) in [5.74, 6) is -2.06. The molecule has 7 heteroatoms. The summed E-state index contributed by atoms with van der Waals surface area (Å²) in [6.07, 6.45) is 1.14. The predicted molar refractivity (Wildman–Crippen MR) is 112 cm³/mol. The minimum atomic E-state index is -0.896. The van der Waals surface area contributed by atoms with Gasteiger partial charge >= 0.3 is 11.9 Å². The molecule has 2 unspecified atom stereocenters. The molecule has 0 radical (unpaired) electrons. The maximum Gasteiger partial charge on any atom is 0.338 e. The number of esters is 2. The Kier molecular flexibility index (Phi) is 12.4. The first-order valence-corrected chi connectivity index (χ1v) is 10.6. The van der Waals surface area contributed by atoms with Crippen molar-refractivity contribution in [2.24, 2.45) is 11.8 Å². The molecule has 30 heavy (non-hydrogen) atoms. The molecule has 0 saturated carbocycles. The lowest BCUT2D eigenvalue weighted by Gasteiger charge is -2.25. The molecular formula is C23H33NO6. The fourth-order valence-corrected chi connectivity index (χ4v) is 3.18. The lowest BCUT2D eigenvalue weighted by Crippen LogP contribution is -2.30. The van der Waals surface area contributed by atoms with E-state index in [4.69, 9.17) is 18.9 Å². The summed E-state index contributed by atoms with van der Waals surface area (Å²) in [5.41, 5.74) is 1.49. The molecule has 0 spiro atoms. The SMILES string of the molecule is CCOC(=O)c1ccc(CCC(CC(OCC)OCC)C(C#N)C(=O)OCC)cc1. The van der Waals surface area contributed by atoms with Crippen molar-refractivity contribution in [1.29, 1.82) is 5.26 Å². The summed E-state index contributed by atoms with van der Waals surface area (Å²) in [6.45, 7) is 8.73. The van der Waals surface area contributed by atoms with Gasteiger partial charge in [0.15, 0.2) is 6.29 Å². The second-order valence-electron chi connectivity index (χ2n) is 6.65. The molecule has 0 amide bonds. The Labute approximate surface area is 179 Å². The first-order chi connectivity index (χ1) is 14.5. The van der Waals surface area contributed by atoms with E-state index < -0.39 is 18.2 Å². The largest absolute Gasteiger partial charge is 0.465 e. The average Bonchev–Trinajstić information content (AvgIpc) is 2.73. The molecule has 0 aliphatic carbocycles. The van der Waals surface area contributed by atoms with Gasteiger partial charge in [0.05, 0.1) is 24.8 Å². The Morgan fingerprint density at radius 1 is 0.933 bits per heavy atom. The van der Waals surface area contributed by atoms with Crippen molar-refractivity contribution in [3.63, 3.8) is 0 Å². The Balaban J connectivity index is 2.91. The van der Waals surface area contributed by atoms with E-state index in [1.54, 1.807) is 26.0 Å². The fraction of sp³-hybridized carbons (Fsp3) is 0.609. The third-order valence-corrected chi connectivity index (χ3v) is 4.62. The molecule has 0 aromatic heterocycles. The van der Waals surface area contributed by atoms with Gasteiger partial charge in [0.25, 0.3) is 0 Å². The predicted octanol–water partition coefficient (Wildman–Crippen LogP) is 3.90. The zero-order chi connectivity index (χ0) is 22.4. The molecule has 7 nitrogen and oxygen atoms in total. The number of hydrogen-bond acceptors (Lipinski definition) is 7. The fourth-order valence-electron chi connectivity index (χ4n) is 3.18. The maximum absolute atomic E-state index is 12.3. The van der Waals surface area contributed by atoms with Crippen LogP contribution in [0.2, 0.25) is 0 Å². The number of nitriles is 1. The van der Waals surface area contributed by atoms with Gasteiger partial charge in [0, 0.05) is 19.6 Å². The van der Waals surface area contributed by atoms with Crippen molar-refractivity contribution in [2.45, 2.75) is 53.2 Å². The third kappa shape index (κ3) is 8.52. The number of rotatable bonds is 14. The van der Waals surface area contributed by atoms with E-state index in [-0.39, 0.29) is 18.5 Å². The highest BCUT2D eigenvalue weighted by Crippen LogP contribution is 2.26. The summed E-state index contributed by atoms with van der Waals surface area (Å²) in [4.78, 5) is 24.1. The van der Waals surface area contributed by atoms with Crippen molar-refractivity contribution in [2.75, 3.05) is 26.4 Å². The van der Waals surface area contributed by atoms with Crippen molar-refractivity contribution in [1.82, 2.24) is 0 Å². The van der Waals surface area contributed by atoms with Crippen LogP contribution in [0.15, 0.2) is 24.3 Å². The Hall–Kier alpha value is -2.43.